The van der Waals surface area contributed by atoms with Gasteiger partial charge in [0.2, 0.25) is 0 Å². The van der Waals surface area contributed by atoms with Gasteiger partial charge >= 0.3 is 6.09 Å². The Morgan fingerprint density at radius 3 is 2.95 bits per heavy atom. The zero-order valence-electron chi connectivity index (χ0n) is 11.9. The fraction of sp³-hybridized carbons (Fsp3) is 0.111. The highest BCUT2D eigenvalue weighted by molar-refractivity contribution is 6.03. The minimum atomic E-state index is -0.675. The summed E-state index contributed by atoms with van der Waals surface area (Å²) in [6, 6.07) is 13.2. The van der Waals surface area contributed by atoms with Crippen molar-refractivity contribution in [1.82, 2.24) is 0 Å². The molecule has 2 aromatic carbocycles. The van der Waals surface area contributed by atoms with Gasteiger partial charge in [-0.3, -0.25) is 4.90 Å². The van der Waals surface area contributed by atoms with Crippen molar-refractivity contribution < 1.29 is 9.53 Å². The fourth-order valence-corrected chi connectivity index (χ4v) is 2.61. The van der Waals surface area contributed by atoms with Gasteiger partial charge in [0.25, 0.3) is 0 Å². The summed E-state index contributed by atoms with van der Waals surface area (Å²) in [5.74, 6) is 0. The van der Waals surface area contributed by atoms with Crippen LogP contribution in [-0.2, 0) is 4.74 Å². The summed E-state index contributed by atoms with van der Waals surface area (Å²) in [5.41, 5.74) is 1.60. The largest absolute Gasteiger partial charge is 0.445 e. The maximum Gasteiger partial charge on any atom is 0.416 e. The molecule has 22 heavy (non-hydrogen) atoms. The molecule has 0 aliphatic carbocycles. The van der Waals surface area contributed by atoms with Gasteiger partial charge in [-0.1, -0.05) is 49.1 Å². The highest BCUT2D eigenvalue weighted by Gasteiger charge is 2.29. The lowest BCUT2D eigenvalue weighted by Gasteiger charge is -2.29. The van der Waals surface area contributed by atoms with Crippen molar-refractivity contribution in [2.45, 2.75) is 6.04 Å². The van der Waals surface area contributed by atoms with E-state index in [0.717, 1.165) is 16.3 Å². The Hall–Kier alpha value is -3.06. The number of fused-ring (bicyclic) bond motifs is 3. The number of anilines is 1. The lowest BCUT2D eigenvalue weighted by atomic mass is 9.97. The third-order valence-electron chi connectivity index (χ3n) is 3.58. The summed E-state index contributed by atoms with van der Waals surface area (Å²) in [6.07, 6.45) is 4.56. The summed E-state index contributed by atoms with van der Waals surface area (Å²) < 4.78 is 5.12. The molecular weight excluding hydrogens is 276 g/mol. The van der Waals surface area contributed by atoms with Crippen molar-refractivity contribution in [2.24, 2.45) is 0 Å². The number of nitriles is 1. The molecule has 3 rings (SSSR count). The number of rotatable bonds is 2. The summed E-state index contributed by atoms with van der Waals surface area (Å²) in [5, 5.41) is 11.4. The molecule has 0 bridgehead atoms. The molecule has 1 aliphatic rings. The van der Waals surface area contributed by atoms with Gasteiger partial charge in [0.1, 0.15) is 12.6 Å². The number of nitrogens with zero attached hydrogens (tertiary/aromatic N) is 2. The van der Waals surface area contributed by atoms with Crippen LogP contribution in [0.2, 0.25) is 0 Å². The number of carbonyl (C=O) groups is 1. The molecule has 0 aromatic heterocycles. The number of ether oxygens (including phenoxy) is 1. The van der Waals surface area contributed by atoms with Crippen molar-refractivity contribution >= 4 is 28.6 Å². The number of hydrogen-bond acceptors (Lipinski definition) is 3. The van der Waals surface area contributed by atoms with Crippen LogP contribution in [0.5, 0.6) is 0 Å². The first-order chi connectivity index (χ1) is 10.8. The van der Waals surface area contributed by atoms with E-state index < -0.39 is 12.1 Å². The van der Waals surface area contributed by atoms with Gasteiger partial charge in [-0.15, -0.1) is 0 Å². The van der Waals surface area contributed by atoms with E-state index >= 15 is 0 Å². The molecule has 1 atom stereocenters. The maximum absolute atomic E-state index is 12.3. The Balaban J connectivity index is 2.13. The third-order valence-corrected chi connectivity index (χ3v) is 3.58. The van der Waals surface area contributed by atoms with Gasteiger partial charge in [-0.2, -0.15) is 5.26 Å². The van der Waals surface area contributed by atoms with Gasteiger partial charge in [0, 0.05) is 5.56 Å². The number of hydrogen-bond donors (Lipinski definition) is 0. The zero-order valence-corrected chi connectivity index (χ0v) is 11.9. The molecule has 1 aliphatic heterocycles. The molecule has 0 saturated carbocycles. The molecule has 1 heterocycles. The molecule has 108 valence electrons. The molecular formula is C18H14N2O2. The zero-order chi connectivity index (χ0) is 15.5. The smallest absolute Gasteiger partial charge is 0.416 e. The lowest BCUT2D eigenvalue weighted by Crippen LogP contribution is -2.40. The predicted molar refractivity (Wildman–Crippen MR) is 86.4 cm³/mol. The van der Waals surface area contributed by atoms with Crippen LogP contribution in [-0.4, -0.2) is 18.7 Å². The van der Waals surface area contributed by atoms with Crippen LogP contribution in [0, 0.1) is 11.3 Å². The van der Waals surface area contributed by atoms with Crippen molar-refractivity contribution in [1.29, 1.82) is 5.26 Å². The van der Waals surface area contributed by atoms with Gasteiger partial charge in [-0.05, 0) is 22.9 Å². The standard InChI is InChI=1S/C18H14N2O2/c1-2-11-22-18(21)20-14(12-19)8-9-16-15-6-4-3-5-13(15)7-10-17(16)20/h2-10,14H,1,11H2. The minimum absolute atomic E-state index is 0.111. The van der Waals surface area contributed by atoms with Crippen LogP contribution < -0.4 is 4.90 Å². The predicted octanol–water partition coefficient (Wildman–Crippen LogP) is 3.89. The monoisotopic (exact) mass is 290 g/mol. The number of carbonyl (C=O) groups excluding carboxylic acids is 1. The second-order valence-corrected chi connectivity index (χ2v) is 4.89. The third kappa shape index (κ3) is 2.23. The van der Waals surface area contributed by atoms with E-state index in [2.05, 4.69) is 12.6 Å². The van der Waals surface area contributed by atoms with Crippen molar-refractivity contribution in [3.8, 4) is 6.07 Å². The molecule has 0 N–H and O–H groups in total. The average Bonchev–Trinajstić information content (AvgIpc) is 2.58. The quantitative estimate of drug-likeness (QED) is 0.788. The van der Waals surface area contributed by atoms with Gasteiger partial charge in [0.05, 0.1) is 11.8 Å². The Morgan fingerprint density at radius 1 is 1.36 bits per heavy atom. The topological polar surface area (TPSA) is 53.3 Å². The summed E-state index contributed by atoms with van der Waals surface area (Å²) in [6.45, 7) is 3.64. The van der Waals surface area contributed by atoms with Crippen LogP contribution in [0.3, 0.4) is 0 Å². The summed E-state index contributed by atoms with van der Waals surface area (Å²) >= 11 is 0. The summed E-state index contributed by atoms with van der Waals surface area (Å²) in [7, 11) is 0. The van der Waals surface area contributed by atoms with E-state index in [9.17, 15) is 10.1 Å². The Morgan fingerprint density at radius 2 is 2.18 bits per heavy atom. The first-order valence-corrected chi connectivity index (χ1v) is 6.92. The SMILES string of the molecule is C=CCOC(=O)N1c2ccc3ccccc3c2C=CC1C#N. The van der Waals surface area contributed by atoms with Crippen LogP contribution in [0.15, 0.2) is 55.1 Å². The molecule has 1 amide bonds. The van der Waals surface area contributed by atoms with Crippen LogP contribution in [0.4, 0.5) is 10.5 Å². The van der Waals surface area contributed by atoms with Crippen molar-refractivity contribution in [2.75, 3.05) is 11.5 Å². The highest BCUT2D eigenvalue weighted by atomic mass is 16.6. The van der Waals surface area contributed by atoms with E-state index in [1.807, 2.05) is 42.5 Å². The Kier molecular flexibility index (Phi) is 3.63. The van der Waals surface area contributed by atoms with Crippen molar-refractivity contribution in [3.05, 3.63) is 60.7 Å². The van der Waals surface area contributed by atoms with E-state index in [4.69, 9.17) is 4.74 Å². The number of amides is 1. The normalized spacial score (nSPS) is 16.0. The first kappa shape index (κ1) is 13.9. The molecule has 0 spiro atoms. The van der Waals surface area contributed by atoms with Crippen LogP contribution >= 0.6 is 0 Å². The van der Waals surface area contributed by atoms with Gasteiger partial charge in [0.15, 0.2) is 0 Å². The van der Waals surface area contributed by atoms with E-state index in [-0.39, 0.29) is 6.61 Å². The fourth-order valence-electron chi connectivity index (χ4n) is 2.61. The van der Waals surface area contributed by atoms with E-state index in [1.165, 1.54) is 11.0 Å². The Bertz CT molecular complexity index is 817. The molecule has 0 saturated heterocycles. The molecule has 4 heteroatoms. The lowest BCUT2D eigenvalue weighted by molar-refractivity contribution is 0.165. The summed E-state index contributed by atoms with van der Waals surface area (Å²) in [4.78, 5) is 13.7. The van der Waals surface area contributed by atoms with Gasteiger partial charge < -0.3 is 4.74 Å². The van der Waals surface area contributed by atoms with E-state index in [0.29, 0.717) is 5.69 Å². The molecule has 0 radical (unpaired) electrons. The first-order valence-electron chi connectivity index (χ1n) is 6.92. The van der Waals surface area contributed by atoms with Crippen LogP contribution in [0.25, 0.3) is 16.8 Å². The molecule has 0 fully saturated rings. The molecule has 2 aromatic rings. The van der Waals surface area contributed by atoms with Crippen LogP contribution in [0.1, 0.15) is 5.56 Å². The molecule has 4 nitrogen and oxygen atoms in total. The van der Waals surface area contributed by atoms with Gasteiger partial charge in [-0.25, -0.2) is 4.79 Å². The maximum atomic E-state index is 12.3. The second kappa shape index (κ2) is 5.74. The molecule has 1 unspecified atom stereocenters. The number of benzene rings is 2. The Labute approximate surface area is 128 Å². The minimum Gasteiger partial charge on any atom is -0.445 e. The average molecular weight is 290 g/mol. The second-order valence-electron chi connectivity index (χ2n) is 4.89. The van der Waals surface area contributed by atoms with Crippen molar-refractivity contribution in [3.63, 3.8) is 0 Å². The van der Waals surface area contributed by atoms with E-state index in [1.54, 1.807) is 6.08 Å². The highest BCUT2D eigenvalue weighted by Crippen LogP contribution is 2.35.